The SMILES string of the molecule is C#CCNC(=O)c1sc(N2CCN(C)CC2)nc1N. The summed E-state index contributed by atoms with van der Waals surface area (Å²) in [6, 6.07) is 0. The Balaban J connectivity index is 2.08. The van der Waals surface area contributed by atoms with Gasteiger partial charge in [-0.3, -0.25) is 4.79 Å². The summed E-state index contributed by atoms with van der Waals surface area (Å²) in [5, 5.41) is 3.40. The van der Waals surface area contributed by atoms with Crippen molar-refractivity contribution in [3.63, 3.8) is 0 Å². The molecule has 0 radical (unpaired) electrons. The second-order valence-corrected chi connectivity index (χ2v) is 5.37. The standard InChI is InChI=1S/C12H17N5OS/c1-3-4-14-11(18)9-10(13)15-12(19-9)17-7-5-16(2)6-8-17/h1H,4-8,13H2,2H3,(H,14,18). The molecule has 0 unspecified atom stereocenters. The molecule has 0 bridgehead atoms. The Morgan fingerprint density at radius 2 is 2.21 bits per heavy atom. The Morgan fingerprint density at radius 1 is 1.53 bits per heavy atom. The number of nitrogen functional groups attached to an aromatic ring is 1. The van der Waals surface area contributed by atoms with Crippen molar-refractivity contribution in [1.82, 2.24) is 15.2 Å². The van der Waals surface area contributed by atoms with Gasteiger partial charge in [0.05, 0.1) is 6.54 Å². The maximum Gasteiger partial charge on any atom is 0.266 e. The van der Waals surface area contributed by atoms with Gasteiger partial charge in [-0.15, -0.1) is 6.42 Å². The molecule has 0 atom stereocenters. The fourth-order valence-electron chi connectivity index (χ4n) is 1.83. The molecule has 2 heterocycles. The lowest BCUT2D eigenvalue weighted by molar-refractivity contribution is 0.0963. The van der Waals surface area contributed by atoms with E-state index in [0.29, 0.717) is 4.88 Å². The molecule has 6 nitrogen and oxygen atoms in total. The highest BCUT2D eigenvalue weighted by molar-refractivity contribution is 7.18. The first-order valence-corrected chi connectivity index (χ1v) is 6.85. The van der Waals surface area contributed by atoms with E-state index < -0.39 is 0 Å². The van der Waals surface area contributed by atoms with Gasteiger partial charge in [0, 0.05) is 26.2 Å². The van der Waals surface area contributed by atoms with Crippen LogP contribution in [0.3, 0.4) is 0 Å². The van der Waals surface area contributed by atoms with E-state index in [2.05, 4.69) is 33.1 Å². The Hall–Kier alpha value is -1.78. The van der Waals surface area contributed by atoms with Crippen molar-refractivity contribution in [3.05, 3.63) is 4.88 Å². The number of piperazine rings is 1. The highest BCUT2D eigenvalue weighted by Gasteiger charge is 2.21. The molecule has 1 aromatic rings. The van der Waals surface area contributed by atoms with E-state index in [4.69, 9.17) is 12.2 Å². The van der Waals surface area contributed by atoms with Gasteiger partial charge >= 0.3 is 0 Å². The van der Waals surface area contributed by atoms with Crippen LogP contribution >= 0.6 is 11.3 Å². The third kappa shape index (κ3) is 3.16. The molecule has 102 valence electrons. The summed E-state index contributed by atoms with van der Waals surface area (Å²) < 4.78 is 0. The number of anilines is 2. The van der Waals surface area contributed by atoms with Crippen molar-refractivity contribution >= 4 is 28.2 Å². The van der Waals surface area contributed by atoms with Crippen LogP contribution in [0.1, 0.15) is 9.67 Å². The molecule has 0 spiro atoms. The molecule has 19 heavy (non-hydrogen) atoms. The zero-order chi connectivity index (χ0) is 13.8. The van der Waals surface area contributed by atoms with E-state index in [-0.39, 0.29) is 18.3 Å². The van der Waals surface area contributed by atoms with Gasteiger partial charge in [0.2, 0.25) is 0 Å². The topological polar surface area (TPSA) is 74.5 Å². The van der Waals surface area contributed by atoms with Gasteiger partial charge in [-0.2, -0.15) is 0 Å². The molecule has 1 aliphatic heterocycles. The summed E-state index contributed by atoms with van der Waals surface area (Å²) in [6.07, 6.45) is 5.11. The van der Waals surface area contributed by atoms with Gasteiger partial charge in [-0.05, 0) is 7.05 Å². The molecule has 2 rings (SSSR count). The molecule has 0 aliphatic carbocycles. The lowest BCUT2D eigenvalue weighted by Crippen LogP contribution is -2.44. The minimum atomic E-state index is -0.256. The number of thiazole rings is 1. The maximum atomic E-state index is 11.8. The summed E-state index contributed by atoms with van der Waals surface area (Å²) in [4.78, 5) is 21.0. The van der Waals surface area contributed by atoms with Crippen LogP contribution in [0, 0.1) is 12.3 Å². The van der Waals surface area contributed by atoms with E-state index in [1.54, 1.807) is 0 Å². The number of terminal acetylenes is 1. The Kier molecular flexibility index (Phi) is 4.24. The van der Waals surface area contributed by atoms with Crippen LogP contribution in [0.4, 0.5) is 10.9 Å². The molecule has 0 saturated carbocycles. The molecule has 1 aromatic heterocycles. The predicted octanol–water partition coefficient (Wildman–Crippen LogP) is -0.160. The molecule has 1 aliphatic rings. The van der Waals surface area contributed by atoms with Crippen molar-refractivity contribution < 1.29 is 4.79 Å². The number of hydrogen-bond acceptors (Lipinski definition) is 6. The number of carbonyl (C=O) groups is 1. The number of likely N-dealkylation sites (N-methyl/N-ethyl adjacent to an activating group) is 1. The third-order valence-electron chi connectivity index (χ3n) is 2.97. The summed E-state index contributed by atoms with van der Waals surface area (Å²) in [7, 11) is 2.09. The summed E-state index contributed by atoms with van der Waals surface area (Å²) >= 11 is 1.32. The zero-order valence-electron chi connectivity index (χ0n) is 10.8. The largest absolute Gasteiger partial charge is 0.382 e. The van der Waals surface area contributed by atoms with Crippen molar-refractivity contribution in [2.75, 3.05) is 50.4 Å². The summed E-state index contributed by atoms with van der Waals surface area (Å²) in [5.74, 6) is 2.37. The first kappa shape index (κ1) is 13.6. The number of rotatable bonds is 3. The van der Waals surface area contributed by atoms with E-state index in [1.165, 1.54) is 11.3 Å². The minimum absolute atomic E-state index is 0.194. The number of nitrogens with zero attached hydrogens (tertiary/aromatic N) is 3. The fraction of sp³-hybridized carbons (Fsp3) is 0.500. The van der Waals surface area contributed by atoms with E-state index in [1.807, 2.05) is 0 Å². The average molecular weight is 279 g/mol. The smallest absolute Gasteiger partial charge is 0.266 e. The molecule has 1 saturated heterocycles. The number of nitrogens with two attached hydrogens (primary N) is 1. The molecule has 0 aromatic carbocycles. The highest BCUT2D eigenvalue weighted by Crippen LogP contribution is 2.28. The average Bonchev–Trinajstić information content (AvgIpc) is 2.79. The second kappa shape index (κ2) is 5.91. The number of aromatic nitrogens is 1. The van der Waals surface area contributed by atoms with E-state index >= 15 is 0 Å². The minimum Gasteiger partial charge on any atom is -0.382 e. The number of carbonyl (C=O) groups excluding carboxylic acids is 1. The molecule has 1 fully saturated rings. The fourth-order valence-corrected chi connectivity index (χ4v) is 2.78. The van der Waals surface area contributed by atoms with Crippen LogP contribution in [0.15, 0.2) is 0 Å². The normalized spacial score (nSPS) is 16.1. The quantitative estimate of drug-likeness (QED) is 0.752. The molecule has 3 N–H and O–H groups in total. The van der Waals surface area contributed by atoms with E-state index in [9.17, 15) is 4.79 Å². The van der Waals surface area contributed by atoms with Crippen LogP contribution in [0.25, 0.3) is 0 Å². The van der Waals surface area contributed by atoms with E-state index in [0.717, 1.165) is 31.3 Å². The number of amides is 1. The lowest BCUT2D eigenvalue weighted by atomic mass is 10.3. The van der Waals surface area contributed by atoms with Crippen molar-refractivity contribution in [1.29, 1.82) is 0 Å². The first-order chi connectivity index (χ1) is 9.11. The maximum absolute atomic E-state index is 11.8. The number of nitrogens with one attached hydrogen (secondary N) is 1. The Bertz CT molecular complexity index is 499. The summed E-state index contributed by atoms with van der Waals surface area (Å²) in [5.41, 5.74) is 5.80. The predicted molar refractivity (Wildman–Crippen MR) is 77.4 cm³/mol. The van der Waals surface area contributed by atoms with Crippen LogP contribution < -0.4 is 16.0 Å². The van der Waals surface area contributed by atoms with Gasteiger partial charge in [-0.1, -0.05) is 17.3 Å². The van der Waals surface area contributed by atoms with Crippen LogP contribution in [0.5, 0.6) is 0 Å². The molecule has 7 heteroatoms. The van der Waals surface area contributed by atoms with Crippen LogP contribution in [-0.2, 0) is 0 Å². The van der Waals surface area contributed by atoms with Crippen molar-refractivity contribution in [3.8, 4) is 12.3 Å². The molecular weight excluding hydrogens is 262 g/mol. The van der Waals surface area contributed by atoms with Crippen LogP contribution in [0.2, 0.25) is 0 Å². The molecule has 1 amide bonds. The summed E-state index contributed by atoms with van der Waals surface area (Å²) in [6.45, 7) is 3.96. The third-order valence-corrected chi connectivity index (χ3v) is 4.10. The van der Waals surface area contributed by atoms with Crippen molar-refractivity contribution in [2.45, 2.75) is 0 Å². The van der Waals surface area contributed by atoms with Gasteiger partial charge in [0.1, 0.15) is 10.7 Å². The van der Waals surface area contributed by atoms with Gasteiger partial charge in [-0.25, -0.2) is 4.98 Å². The first-order valence-electron chi connectivity index (χ1n) is 6.03. The monoisotopic (exact) mass is 279 g/mol. The molecular formula is C12H17N5OS. The highest BCUT2D eigenvalue weighted by atomic mass is 32.1. The lowest BCUT2D eigenvalue weighted by Gasteiger charge is -2.31. The Labute approximate surface area is 116 Å². The number of hydrogen-bond donors (Lipinski definition) is 2. The van der Waals surface area contributed by atoms with Gasteiger partial charge < -0.3 is 20.9 Å². The zero-order valence-corrected chi connectivity index (χ0v) is 11.7. The van der Waals surface area contributed by atoms with Crippen LogP contribution in [-0.4, -0.2) is 55.6 Å². The van der Waals surface area contributed by atoms with Gasteiger partial charge in [0.15, 0.2) is 5.13 Å². The van der Waals surface area contributed by atoms with Gasteiger partial charge in [0.25, 0.3) is 5.91 Å². The second-order valence-electron chi connectivity index (χ2n) is 4.39. The Morgan fingerprint density at radius 3 is 2.84 bits per heavy atom. The van der Waals surface area contributed by atoms with Crippen molar-refractivity contribution in [2.24, 2.45) is 0 Å².